The van der Waals surface area contributed by atoms with Gasteiger partial charge in [0, 0.05) is 5.92 Å². The first-order chi connectivity index (χ1) is 8.49. The van der Waals surface area contributed by atoms with Gasteiger partial charge in [-0.1, -0.05) is 24.1 Å². The largest absolute Gasteiger partial charge is 0.457 e. The second kappa shape index (κ2) is 5.27. The van der Waals surface area contributed by atoms with Gasteiger partial charge < -0.3 is 9.84 Å². The smallest absolute Gasteiger partial charge is 0.309 e. The molecule has 2 rings (SSSR count). The minimum atomic E-state index is -0.599. The zero-order valence-electron chi connectivity index (χ0n) is 11.3. The van der Waals surface area contributed by atoms with Crippen molar-refractivity contribution in [3.05, 3.63) is 23.3 Å². The molecule has 3 heteroatoms. The predicted octanol–water partition coefficient (Wildman–Crippen LogP) is 2.60. The number of allylic oxidation sites excluding steroid dienone is 2. The van der Waals surface area contributed by atoms with Crippen molar-refractivity contribution in [1.29, 1.82) is 0 Å². The summed E-state index contributed by atoms with van der Waals surface area (Å²) in [5, 5.41) is 10.3. The number of esters is 1. The third-order valence-corrected chi connectivity index (χ3v) is 4.02. The second-order valence-corrected chi connectivity index (χ2v) is 5.64. The Morgan fingerprint density at radius 2 is 1.83 bits per heavy atom. The highest BCUT2D eigenvalue weighted by Gasteiger charge is 2.44. The van der Waals surface area contributed by atoms with Gasteiger partial charge in [0.15, 0.2) is 0 Å². The zero-order valence-corrected chi connectivity index (χ0v) is 11.3. The van der Waals surface area contributed by atoms with Crippen LogP contribution in [-0.2, 0) is 9.53 Å². The molecule has 2 aliphatic rings. The fraction of sp³-hybridized carbons (Fsp3) is 0.667. The van der Waals surface area contributed by atoms with Gasteiger partial charge >= 0.3 is 5.97 Å². The van der Waals surface area contributed by atoms with Gasteiger partial charge in [0.1, 0.15) is 6.10 Å². The van der Waals surface area contributed by atoms with Gasteiger partial charge in [-0.3, -0.25) is 4.79 Å². The number of hydrogen-bond donors (Lipinski definition) is 1. The van der Waals surface area contributed by atoms with E-state index in [0.717, 1.165) is 19.3 Å². The molecule has 100 valence electrons. The summed E-state index contributed by atoms with van der Waals surface area (Å²) in [4.78, 5) is 11.7. The lowest BCUT2D eigenvalue weighted by atomic mass is 9.84. The van der Waals surface area contributed by atoms with Crippen molar-refractivity contribution in [2.24, 2.45) is 11.8 Å². The van der Waals surface area contributed by atoms with Gasteiger partial charge in [0.05, 0.1) is 12.0 Å². The minimum absolute atomic E-state index is 0.152. The highest BCUT2D eigenvalue weighted by molar-refractivity contribution is 5.75. The van der Waals surface area contributed by atoms with E-state index < -0.39 is 6.10 Å². The number of fused-ring (bicyclic) bond motifs is 1. The van der Waals surface area contributed by atoms with E-state index in [1.165, 1.54) is 11.1 Å². The van der Waals surface area contributed by atoms with Gasteiger partial charge in [-0.15, -0.1) is 0 Å². The molecule has 0 spiro atoms. The van der Waals surface area contributed by atoms with Crippen LogP contribution in [0.4, 0.5) is 0 Å². The third-order valence-electron chi connectivity index (χ3n) is 4.02. The number of carbonyl (C=O) groups excluding carboxylic acids is 1. The van der Waals surface area contributed by atoms with E-state index in [1.54, 1.807) is 0 Å². The van der Waals surface area contributed by atoms with Crippen molar-refractivity contribution in [3.63, 3.8) is 0 Å². The van der Waals surface area contributed by atoms with E-state index in [0.29, 0.717) is 0 Å². The van der Waals surface area contributed by atoms with Crippen LogP contribution in [0.3, 0.4) is 0 Å². The van der Waals surface area contributed by atoms with Gasteiger partial charge in [0.25, 0.3) is 0 Å². The van der Waals surface area contributed by atoms with Gasteiger partial charge in [0.2, 0.25) is 0 Å². The zero-order chi connectivity index (χ0) is 13.3. The fourth-order valence-corrected chi connectivity index (χ4v) is 2.89. The van der Waals surface area contributed by atoms with Crippen molar-refractivity contribution >= 4 is 5.97 Å². The lowest BCUT2D eigenvalue weighted by Crippen LogP contribution is -2.30. The van der Waals surface area contributed by atoms with E-state index in [-0.39, 0.29) is 23.9 Å². The average Bonchev–Trinajstić information content (AvgIpc) is 2.53. The Morgan fingerprint density at radius 1 is 1.22 bits per heavy atom. The van der Waals surface area contributed by atoms with Crippen LogP contribution in [0.25, 0.3) is 0 Å². The first kappa shape index (κ1) is 13.3. The maximum absolute atomic E-state index is 11.7. The van der Waals surface area contributed by atoms with Crippen molar-refractivity contribution in [3.8, 4) is 0 Å². The van der Waals surface area contributed by atoms with Crippen molar-refractivity contribution in [1.82, 2.24) is 0 Å². The van der Waals surface area contributed by atoms with Crippen LogP contribution < -0.4 is 0 Å². The highest BCUT2D eigenvalue weighted by Crippen LogP contribution is 2.34. The number of rotatable bonds is 0. The fourth-order valence-electron chi connectivity index (χ4n) is 2.89. The van der Waals surface area contributed by atoms with Crippen molar-refractivity contribution < 1.29 is 14.6 Å². The van der Waals surface area contributed by atoms with E-state index in [9.17, 15) is 9.90 Å². The molecule has 0 amide bonds. The predicted molar refractivity (Wildman–Crippen MR) is 69.9 cm³/mol. The first-order valence-electron chi connectivity index (χ1n) is 6.72. The molecule has 1 fully saturated rings. The molecule has 4 unspecified atom stereocenters. The lowest BCUT2D eigenvalue weighted by molar-refractivity contribution is -0.142. The molecule has 18 heavy (non-hydrogen) atoms. The summed E-state index contributed by atoms with van der Waals surface area (Å²) in [6.07, 6.45) is 6.15. The Morgan fingerprint density at radius 3 is 2.50 bits per heavy atom. The molecule has 0 radical (unpaired) electrons. The molecule has 1 saturated heterocycles. The standard InChI is InChI=1S/C15H22O3/c1-9-5-4-6-10(2)8-13-14(12(16)7-9)11(3)15(17)18-13/h7-8,11-14,16H,4-6H2,1-3H3. The maximum Gasteiger partial charge on any atom is 0.309 e. The van der Waals surface area contributed by atoms with Crippen molar-refractivity contribution in [2.45, 2.75) is 52.2 Å². The SMILES string of the molecule is CC1=CC(O)C2C(C=C(C)CCC1)OC(=O)C2C. The van der Waals surface area contributed by atoms with E-state index in [1.807, 2.05) is 26.0 Å². The minimum Gasteiger partial charge on any atom is -0.457 e. The Labute approximate surface area is 109 Å². The molecular weight excluding hydrogens is 228 g/mol. The summed E-state index contributed by atoms with van der Waals surface area (Å²) >= 11 is 0. The Bertz CT molecular complexity index is 395. The summed E-state index contributed by atoms with van der Waals surface area (Å²) < 4.78 is 5.38. The van der Waals surface area contributed by atoms with Gasteiger partial charge in [-0.2, -0.15) is 0 Å². The number of aliphatic hydroxyl groups excluding tert-OH is 1. The van der Waals surface area contributed by atoms with Crippen LogP contribution >= 0.6 is 0 Å². The second-order valence-electron chi connectivity index (χ2n) is 5.64. The number of hydrogen-bond acceptors (Lipinski definition) is 3. The molecular formula is C15H22O3. The highest BCUT2D eigenvalue weighted by atomic mass is 16.6. The van der Waals surface area contributed by atoms with E-state index in [4.69, 9.17) is 4.74 Å². The van der Waals surface area contributed by atoms with Crippen LogP contribution in [0.1, 0.15) is 40.0 Å². The van der Waals surface area contributed by atoms with E-state index in [2.05, 4.69) is 6.92 Å². The molecule has 0 bridgehead atoms. The molecule has 0 saturated carbocycles. The Hall–Kier alpha value is -1.09. The maximum atomic E-state index is 11.7. The molecule has 1 heterocycles. The quantitative estimate of drug-likeness (QED) is 0.531. The first-order valence-corrected chi connectivity index (χ1v) is 6.72. The molecule has 1 N–H and O–H groups in total. The molecule has 4 atom stereocenters. The monoisotopic (exact) mass is 250 g/mol. The van der Waals surface area contributed by atoms with Crippen LogP contribution in [0.15, 0.2) is 23.3 Å². The number of ether oxygens (including phenoxy) is 1. The number of aliphatic hydroxyl groups is 1. The van der Waals surface area contributed by atoms with E-state index >= 15 is 0 Å². The molecule has 1 aliphatic carbocycles. The van der Waals surface area contributed by atoms with Crippen LogP contribution in [0.2, 0.25) is 0 Å². The Kier molecular flexibility index (Phi) is 3.91. The van der Waals surface area contributed by atoms with Gasteiger partial charge in [-0.05, 0) is 39.2 Å². The van der Waals surface area contributed by atoms with Crippen LogP contribution in [0, 0.1) is 11.8 Å². The number of carbonyl (C=O) groups is 1. The summed E-state index contributed by atoms with van der Waals surface area (Å²) in [5.74, 6) is -0.587. The summed E-state index contributed by atoms with van der Waals surface area (Å²) in [7, 11) is 0. The summed E-state index contributed by atoms with van der Waals surface area (Å²) in [6, 6.07) is 0. The van der Waals surface area contributed by atoms with Crippen LogP contribution in [-0.4, -0.2) is 23.3 Å². The van der Waals surface area contributed by atoms with Crippen molar-refractivity contribution in [2.75, 3.05) is 0 Å². The topological polar surface area (TPSA) is 46.5 Å². The average molecular weight is 250 g/mol. The normalized spacial score (nSPS) is 37.4. The lowest BCUT2D eigenvalue weighted by Gasteiger charge is -2.23. The molecule has 1 aliphatic heterocycles. The van der Waals surface area contributed by atoms with Gasteiger partial charge in [-0.25, -0.2) is 0 Å². The molecule has 0 aromatic heterocycles. The molecule has 0 aromatic rings. The summed E-state index contributed by atoms with van der Waals surface area (Å²) in [5.41, 5.74) is 2.44. The summed E-state index contributed by atoms with van der Waals surface area (Å²) in [6.45, 7) is 5.95. The molecule has 0 aromatic carbocycles. The Balaban J connectivity index is 2.32. The molecule has 3 nitrogen and oxygen atoms in total. The van der Waals surface area contributed by atoms with Crippen LogP contribution in [0.5, 0.6) is 0 Å². The third kappa shape index (κ3) is 2.66.